The van der Waals surface area contributed by atoms with Crippen molar-refractivity contribution in [1.29, 1.82) is 0 Å². The molecule has 2 aromatic heterocycles. The van der Waals surface area contributed by atoms with Gasteiger partial charge in [-0.25, -0.2) is 4.98 Å². The van der Waals surface area contributed by atoms with Gasteiger partial charge < -0.3 is 9.47 Å². The normalized spacial score (nSPS) is 11.5. The smallest absolute Gasteiger partial charge is 0.145 e. The van der Waals surface area contributed by atoms with Crippen molar-refractivity contribution in [3.05, 3.63) is 218 Å². The molecule has 0 bridgehead atoms. The SMILES string of the molecule is c1ccc(N(c2ccc(-c3nc4ccccc4n3-c3ccccc3)cc2)c2ccc3c(c2)c2ccccc2n3-c2ccc(-c3ccc4ccccc4c3)cc2)cc1. The van der Waals surface area contributed by atoms with E-state index in [2.05, 4.69) is 226 Å². The third-order valence-corrected chi connectivity index (χ3v) is 11.1. The van der Waals surface area contributed by atoms with Crippen molar-refractivity contribution in [2.45, 2.75) is 0 Å². The van der Waals surface area contributed by atoms with Crippen molar-refractivity contribution in [1.82, 2.24) is 14.1 Å². The first-order chi connectivity index (χ1) is 28.3. The lowest BCUT2D eigenvalue weighted by molar-refractivity contribution is 1.10. The Bertz CT molecular complexity index is 3210. The summed E-state index contributed by atoms with van der Waals surface area (Å²) < 4.78 is 4.64. The fourth-order valence-corrected chi connectivity index (χ4v) is 8.39. The van der Waals surface area contributed by atoms with E-state index in [-0.39, 0.29) is 0 Å². The number of rotatable bonds is 7. The minimum Gasteiger partial charge on any atom is -0.310 e. The summed E-state index contributed by atoms with van der Waals surface area (Å²) >= 11 is 0. The maximum absolute atomic E-state index is 5.12. The Labute approximate surface area is 330 Å². The van der Waals surface area contributed by atoms with Crippen molar-refractivity contribution in [2.75, 3.05) is 4.90 Å². The summed E-state index contributed by atoms with van der Waals surface area (Å²) in [6.45, 7) is 0. The molecule has 0 saturated heterocycles. The van der Waals surface area contributed by atoms with E-state index in [0.29, 0.717) is 0 Å². The van der Waals surface area contributed by atoms with Gasteiger partial charge >= 0.3 is 0 Å². The molecule has 57 heavy (non-hydrogen) atoms. The van der Waals surface area contributed by atoms with Crippen LogP contribution >= 0.6 is 0 Å². The highest BCUT2D eigenvalue weighted by Crippen LogP contribution is 2.41. The van der Waals surface area contributed by atoms with Crippen LogP contribution in [0, 0.1) is 0 Å². The molecular formula is C53H36N4. The number of imidazole rings is 1. The van der Waals surface area contributed by atoms with Gasteiger partial charge in [-0.05, 0) is 125 Å². The number of anilines is 3. The van der Waals surface area contributed by atoms with Crippen LogP contribution in [0.4, 0.5) is 17.1 Å². The summed E-state index contributed by atoms with van der Waals surface area (Å²) in [6.07, 6.45) is 0. The van der Waals surface area contributed by atoms with Crippen LogP contribution in [-0.4, -0.2) is 14.1 Å². The van der Waals surface area contributed by atoms with E-state index in [0.717, 1.165) is 50.9 Å². The standard InChI is InChI=1S/C53H36N4/c1-3-15-42(16-4-1)55(44-31-27-39(28-32-44)53-54-49-20-10-12-22-52(49)57(53)43-17-5-2-6-18-43)46-33-34-51-48(36-46)47-19-9-11-21-50(47)56(51)45-29-25-38(26-30-45)41-24-23-37-13-7-8-14-40(37)35-41/h1-36H. The van der Waals surface area contributed by atoms with Crippen molar-refractivity contribution in [2.24, 2.45) is 0 Å². The molecule has 4 heteroatoms. The zero-order valence-corrected chi connectivity index (χ0v) is 31.1. The van der Waals surface area contributed by atoms with Gasteiger partial charge in [0.1, 0.15) is 5.82 Å². The molecule has 0 unspecified atom stereocenters. The molecule has 0 saturated carbocycles. The Hall–Kier alpha value is -7.69. The van der Waals surface area contributed by atoms with Crippen LogP contribution < -0.4 is 4.90 Å². The predicted octanol–water partition coefficient (Wildman–Crippen LogP) is 14.1. The van der Waals surface area contributed by atoms with E-state index in [1.54, 1.807) is 0 Å². The molecule has 268 valence electrons. The molecule has 11 rings (SSSR count). The second-order valence-electron chi connectivity index (χ2n) is 14.5. The summed E-state index contributed by atoms with van der Waals surface area (Å²) in [7, 11) is 0. The average molecular weight is 729 g/mol. The fraction of sp³-hybridized carbons (Fsp3) is 0. The van der Waals surface area contributed by atoms with Crippen LogP contribution in [0.25, 0.3) is 77.5 Å². The van der Waals surface area contributed by atoms with Gasteiger partial charge in [-0.1, -0.05) is 115 Å². The third-order valence-electron chi connectivity index (χ3n) is 11.1. The number of hydrogen-bond acceptors (Lipinski definition) is 2. The molecule has 0 spiro atoms. The highest BCUT2D eigenvalue weighted by molar-refractivity contribution is 6.10. The molecule has 4 nitrogen and oxygen atoms in total. The van der Waals surface area contributed by atoms with E-state index in [4.69, 9.17) is 4.98 Å². The number of nitrogens with zero attached hydrogens (tertiary/aromatic N) is 4. The van der Waals surface area contributed by atoms with Crippen molar-refractivity contribution in [3.63, 3.8) is 0 Å². The molecule has 0 fully saturated rings. The van der Waals surface area contributed by atoms with Gasteiger partial charge in [-0.15, -0.1) is 0 Å². The summed E-state index contributed by atoms with van der Waals surface area (Å²) in [5.74, 6) is 0.916. The van der Waals surface area contributed by atoms with Crippen LogP contribution in [0.15, 0.2) is 218 Å². The maximum atomic E-state index is 5.12. The molecule has 0 aliphatic rings. The maximum Gasteiger partial charge on any atom is 0.145 e. The molecule has 0 N–H and O–H groups in total. The van der Waals surface area contributed by atoms with Crippen LogP contribution in [0.2, 0.25) is 0 Å². The quantitative estimate of drug-likeness (QED) is 0.163. The van der Waals surface area contributed by atoms with E-state index in [1.165, 1.54) is 43.7 Å². The van der Waals surface area contributed by atoms with Crippen LogP contribution in [0.1, 0.15) is 0 Å². The topological polar surface area (TPSA) is 26.0 Å². The lowest BCUT2D eigenvalue weighted by atomic mass is 10.0. The highest BCUT2D eigenvalue weighted by Gasteiger charge is 2.19. The zero-order valence-electron chi connectivity index (χ0n) is 31.1. The zero-order chi connectivity index (χ0) is 37.7. The lowest BCUT2D eigenvalue weighted by Gasteiger charge is -2.26. The average Bonchev–Trinajstić information content (AvgIpc) is 3.84. The first-order valence-electron chi connectivity index (χ1n) is 19.4. The Kier molecular flexibility index (Phi) is 7.78. The lowest BCUT2D eigenvalue weighted by Crippen LogP contribution is -2.09. The van der Waals surface area contributed by atoms with Gasteiger partial charge in [0, 0.05) is 44.8 Å². The molecule has 2 heterocycles. The molecule has 0 radical (unpaired) electrons. The van der Waals surface area contributed by atoms with Crippen LogP contribution in [0.3, 0.4) is 0 Å². The number of fused-ring (bicyclic) bond motifs is 5. The largest absolute Gasteiger partial charge is 0.310 e. The van der Waals surface area contributed by atoms with Gasteiger partial charge in [0.25, 0.3) is 0 Å². The Morgan fingerprint density at radius 2 is 0.912 bits per heavy atom. The Balaban J connectivity index is 1.00. The second kappa shape index (κ2) is 13.6. The molecule has 0 atom stereocenters. The van der Waals surface area contributed by atoms with Crippen LogP contribution in [0.5, 0.6) is 0 Å². The van der Waals surface area contributed by atoms with Crippen molar-refractivity contribution >= 4 is 60.7 Å². The molecule has 9 aromatic carbocycles. The minimum atomic E-state index is 0.916. The van der Waals surface area contributed by atoms with Gasteiger partial charge in [0.05, 0.1) is 22.1 Å². The molecule has 0 aliphatic heterocycles. The summed E-state index contributed by atoms with van der Waals surface area (Å²) in [4.78, 5) is 7.46. The van der Waals surface area contributed by atoms with E-state index < -0.39 is 0 Å². The first-order valence-corrected chi connectivity index (χ1v) is 19.4. The molecule has 0 aliphatic carbocycles. The van der Waals surface area contributed by atoms with Crippen molar-refractivity contribution in [3.8, 4) is 33.9 Å². The second-order valence-corrected chi connectivity index (χ2v) is 14.5. The van der Waals surface area contributed by atoms with E-state index in [1.807, 2.05) is 6.07 Å². The fourth-order valence-electron chi connectivity index (χ4n) is 8.39. The van der Waals surface area contributed by atoms with Crippen molar-refractivity contribution < 1.29 is 0 Å². The van der Waals surface area contributed by atoms with Gasteiger partial charge in [-0.2, -0.15) is 0 Å². The highest BCUT2D eigenvalue weighted by atomic mass is 15.1. The molecule has 11 aromatic rings. The molecular weight excluding hydrogens is 693 g/mol. The summed E-state index contributed by atoms with van der Waals surface area (Å²) in [5.41, 5.74) is 13.4. The Morgan fingerprint density at radius 1 is 0.333 bits per heavy atom. The summed E-state index contributed by atoms with van der Waals surface area (Å²) in [5, 5.41) is 4.93. The van der Waals surface area contributed by atoms with Gasteiger partial charge in [-0.3, -0.25) is 4.57 Å². The van der Waals surface area contributed by atoms with E-state index >= 15 is 0 Å². The number of hydrogen-bond donors (Lipinski definition) is 0. The number of para-hydroxylation sites is 5. The Morgan fingerprint density at radius 3 is 1.72 bits per heavy atom. The van der Waals surface area contributed by atoms with Crippen LogP contribution in [-0.2, 0) is 0 Å². The first kappa shape index (κ1) is 32.7. The summed E-state index contributed by atoms with van der Waals surface area (Å²) in [6, 6.07) is 78.0. The predicted molar refractivity (Wildman–Crippen MR) is 238 cm³/mol. The number of aromatic nitrogens is 3. The van der Waals surface area contributed by atoms with Gasteiger partial charge in [0.2, 0.25) is 0 Å². The van der Waals surface area contributed by atoms with Gasteiger partial charge in [0.15, 0.2) is 0 Å². The monoisotopic (exact) mass is 728 g/mol. The third kappa shape index (κ3) is 5.66. The van der Waals surface area contributed by atoms with E-state index in [9.17, 15) is 0 Å². The number of benzene rings is 9. The minimum absolute atomic E-state index is 0.916. The molecule has 0 amide bonds.